The first-order valence-electron chi connectivity index (χ1n) is 5.89. The molecule has 1 N–H and O–H groups in total. The standard InChI is InChI=1S/C16H17N/c1-14(17-16-10-6-3-7-11-16)12-13-15-8-4-2-5-9-15/h2-14,17H,1H3/b13-12+. The summed E-state index contributed by atoms with van der Waals surface area (Å²) in [5.41, 5.74) is 2.38. The van der Waals surface area contributed by atoms with Crippen LogP contribution in [0.5, 0.6) is 0 Å². The van der Waals surface area contributed by atoms with Gasteiger partial charge >= 0.3 is 0 Å². The van der Waals surface area contributed by atoms with E-state index in [0.717, 1.165) is 5.69 Å². The van der Waals surface area contributed by atoms with Crippen molar-refractivity contribution < 1.29 is 0 Å². The molecule has 1 unspecified atom stereocenters. The Bertz CT molecular complexity index is 459. The van der Waals surface area contributed by atoms with Crippen LogP contribution >= 0.6 is 0 Å². The average molecular weight is 223 g/mol. The number of anilines is 1. The number of nitrogens with one attached hydrogen (secondary N) is 1. The van der Waals surface area contributed by atoms with Gasteiger partial charge in [0.1, 0.15) is 0 Å². The van der Waals surface area contributed by atoms with E-state index in [2.05, 4.69) is 60.8 Å². The normalized spacial score (nSPS) is 12.5. The van der Waals surface area contributed by atoms with Crippen molar-refractivity contribution in [1.29, 1.82) is 0 Å². The van der Waals surface area contributed by atoms with Crippen LogP contribution in [0.25, 0.3) is 6.08 Å². The molecule has 2 aromatic rings. The molecule has 0 aromatic heterocycles. The molecule has 86 valence electrons. The third-order valence-electron chi connectivity index (χ3n) is 2.55. The van der Waals surface area contributed by atoms with E-state index in [1.165, 1.54) is 5.56 Å². The van der Waals surface area contributed by atoms with Gasteiger partial charge in [0.05, 0.1) is 0 Å². The van der Waals surface area contributed by atoms with Gasteiger partial charge in [-0.2, -0.15) is 0 Å². The minimum atomic E-state index is 0.317. The highest BCUT2D eigenvalue weighted by Crippen LogP contribution is 2.08. The Morgan fingerprint density at radius 2 is 1.47 bits per heavy atom. The van der Waals surface area contributed by atoms with Crippen LogP contribution in [-0.2, 0) is 0 Å². The molecule has 0 aliphatic rings. The first kappa shape index (κ1) is 11.5. The summed E-state index contributed by atoms with van der Waals surface area (Å²) in [6.45, 7) is 2.15. The lowest BCUT2D eigenvalue weighted by atomic mass is 10.2. The van der Waals surface area contributed by atoms with Crippen LogP contribution in [0.3, 0.4) is 0 Å². The summed E-state index contributed by atoms with van der Waals surface area (Å²) in [5.74, 6) is 0. The van der Waals surface area contributed by atoms with Crippen molar-refractivity contribution in [2.45, 2.75) is 13.0 Å². The second-order valence-electron chi connectivity index (χ2n) is 4.07. The van der Waals surface area contributed by atoms with Crippen molar-refractivity contribution in [1.82, 2.24) is 0 Å². The molecule has 0 fully saturated rings. The zero-order valence-corrected chi connectivity index (χ0v) is 10.0. The first-order valence-corrected chi connectivity index (χ1v) is 5.89. The smallest absolute Gasteiger partial charge is 0.0419 e. The second kappa shape index (κ2) is 5.90. The maximum absolute atomic E-state index is 3.43. The van der Waals surface area contributed by atoms with Gasteiger partial charge in [0.25, 0.3) is 0 Å². The molecule has 0 aliphatic heterocycles. The number of benzene rings is 2. The topological polar surface area (TPSA) is 12.0 Å². The minimum absolute atomic E-state index is 0.317. The summed E-state index contributed by atoms with van der Waals surface area (Å²) in [7, 11) is 0. The Morgan fingerprint density at radius 3 is 2.12 bits per heavy atom. The summed E-state index contributed by atoms with van der Waals surface area (Å²) < 4.78 is 0. The van der Waals surface area contributed by atoms with Crippen LogP contribution in [0.15, 0.2) is 66.7 Å². The molecule has 17 heavy (non-hydrogen) atoms. The van der Waals surface area contributed by atoms with Crippen LogP contribution in [0.2, 0.25) is 0 Å². The molecule has 1 nitrogen and oxygen atoms in total. The van der Waals surface area contributed by atoms with Gasteiger partial charge in [-0.15, -0.1) is 0 Å². The molecule has 1 atom stereocenters. The maximum atomic E-state index is 3.43. The molecular weight excluding hydrogens is 206 g/mol. The predicted molar refractivity (Wildman–Crippen MR) is 75.0 cm³/mol. The molecule has 0 spiro atoms. The molecule has 0 radical (unpaired) electrons. The molecule has 2 aromatic carbocycles. The molecular formula is C16H17N. The Balaban J connectivity index is 1.94. The molecule has 0 bridgehead atoms. The maximum Gasteiger partial charge on any atom is 0.0419 e. The van der Waals surface area contributed by atoms with E-state index in [0.29, 0.717) is 6.04 Å². The number of hydrogen-bond acceptors (Lipinski definition) is 1. The molecule has 2 rings (SSSR count). The Kier molecular flexibility index (Phi) is 3.98. The Morgan fingerprint density at radius 1 is 0.882 bits per heavy atom. The number of para-hydroxylation sites is 1. The fourth-order valence-electron chi connectivity index (χ4n) is 1.66. The van der Waals surface area contributed by atoms with E-state index in [9.17, 15) is 0 Å². The first-order chi connectivity index (χ1) is 8.34. The van der Waals surface area contributed by atoms with Crippen molar-refractivity contribution >= 4 is 11.8 Å². The lowest BCUT2D eigenvalue weighted by Gasteiger charge is -2.10. The predicted octanol–water partition coefficient (Wildman–Crippen LogP) is 4.20. The molecule has 0 amide bonds. The lowest BCUT2D eigenvalue weighted by Crippen LogP contribution is -2.11. The Labute approximate surface area is 103 Å². The average Bonchev–Trinajstić information content (AvgIpc) is 2.39. The van der Waals surface area contributed by atoms with Crippen LogP contribution in [-0.4, -0.2) is 6.04 Å². The zero-order valence-electron chi connectivity index (χ0n) is 10.0. The molecule has 0 saturated carbocycles. The van der Waals surface area contributed by atoms with Crippen molar-refractivity contribution in [3.05, 3.63) is 72.3 Å². The van der Waals surface area contributed by atoms with E-state index < -0.39 is 0 Å². The third kappa shape index (κ3) is 3.80. The summed E-state index contributed by atoms with van der Waals surface area (Å²) in [6, 6.07) is 20.9. The van der Waals surface area contributed by atoms with Gasteiger partial charge in [-0.1, -0.05) is 60.7 Å². The highest BCUT2D eigenvalue weighted by atomic mass is 14.9. The van der Waals surface area contributed by atoms with Gasteiger partial charge in [-0.05, 0) is 24.6 Å². The SMILES string of the molecule is CC(/C=C/c1ccccc1)Nc1ccccc1. The second-order valence-corrected chi connectivity index (χ2v) is 4.07. The van der Waals surface area contributed by atoms with E-state index >= 15 is 0 Å². The van der Waals surface area contributed by atoms with Crippen molar-refractivity contribution in [3.63, 3.8) is 0 Å². The quantitative estimate of drug-likeness (QED) is 0.819. The van der Waals surface area contributed by atoms with E-state index in [1.807, 2.05) is 24.3 Å². The molecule has 1 heteroatoms. The van der Waals surface area contributed by atoms with Crippen molar-refractivity contribution in [2.24, 2.45) is 0 Å². The highest BCUT2D eigenvalue weighted by Gasteiger charge is 1.95. The van der Waals surface area contributed by atoms with Gasteiger partial charge in [-0.3, -0.25) is 0 Å². The Hall–Kier alpha value is -2.02. The van der Waals surface area contributed by atoms with E-state index in [-0.39, 0.29) is 0 Å². The summed E-state index contributed by atoms with van der Waals surface area (Å²) >= 11 is 0. The molecule has 0 heterocycles. The largest absolute Gasteiger partial charge is 0.379 e. The fourth-order valence-corrected chi connectivity index (χ4v) is 1.66. The van der Waals surface area contributed by atoms with Gasteiger partial charge in [0.2, 0.25) is 0 Å². The van der Waals surface area contributed by atoms with Crippen LogP contribution in [0, 0.1) is 0 Å². The van der Waals surface area contributed by atoms with Gasteiger partial charge < -0.3 is 5.32 Å². The fraction of sp³-hybridized carbons (Fsp3) is 0.125. The summed E-state index contributed by atoms with van der Waals surface area (Å²) in [5, 5.41) is 3.43. The number of hydrogen-bond donors (Lipinski definition) is 1. The number of rotatable bonds is 4. The van der Waals surface area contributed by atoms with Gasteiger partial charge in [-0.25, -0.2) is 0 Å². The van der Waals surface area contributed by atoms with Crippen LogP contribution < -0.4 is 5.32 Å². The zero-order chi connectivity index (χ0) is 11.9. The summed E-state index contributed by atoms with van der Waals surface area (Å²) in [4.78, 5) is 0. The lowest BCUT2D eigenvalue weighted by molar-refractivity contribution is 1.00. The van der Waals surface area contributed by atoms with Crippen molar-refractivity contribution in [2.75, 3.05) is 5.32 Å². The van der Waals surface area contributed by atoms with Crippen molar-refractivity contribution in [3.8, 4) is 0 Å². The highest BCUT2D eigenvalue weighted by molar-refractivity contribution is 5.52. The van der Waals surface area contributed by atoms with Gasteiger partial charge in [0, 0.05) is 11.7 Å². The van der Waals surface area contributed by atoms with E-state index in [1.54, 1.807) is 0 Å². The summed E-state index contributed by atoms with van der Waals surface area (Å²) in [6.07, 6.45) is 4.31. The molecule has 0 saturated heterocycles. The van der Waals surface area contributed by atoms with E-state index in [4.69, 9.17) is 0 Å². The van der Waals surface area contributed by atoms with Crippen LogP contribution in [0.1, 0.15) is 12.5 Å². The van der Waals surface area contributed by atoms with Crippen LogP contribution in [0.4, 0.5) is 5.69 Å². The monoisotopic (exact) mass is 223 g/mol. The van der Waals surface area contributed by atoms with Gasteiger partial charge in [0.15, 0.2) is 0 Å². The molecule has 0 aliphatic carbocycles. The minimum Gasteiger partial charge on any atom is -0.379 e. The third-order valence-corrected chi connectivity index (χ3v) is 2.55.